The van der Waals surface area contributed by atoms with Crippen LogP contribution in [0.4, 0.5) is 5.69 Å². The fourth-order valence-corrected chi connectivity index (χ4v) is 1.87. The van der Waals surface area contributed by atoms with Gasteiger partial charge < -0.3 is 10.1 Å². The maximum atomic E-state index is 11.2. The first-order valence-electron chi connectivity index (χ1n) is 5.96. The van der Waals surface area contributed by atoms with Crippen LogP contribution in [0.2, 0.25) is 0 Å². The SMILES string of the molecule is C=CCCCOc1ccc2c(c1)CCC(=O)N2. The van der Waals surface area contributed by atoms with Crippen LogP contribution >= 0.6 is 0 Å². The number of nitrogens with one attached hydrogen (secondary N) is 1. The third-order valence-corrected chi connectivity index (χ3v) is 2.79. The van der Waals surface area contributed by atoms with E-state index in [1.807, 2.05) is 24.3 Å². The van der Waals surface area contributed by atoms with Crippen molar-refractivity contribution in [1.29, 1.82) is 0 Å². The predicted octanol–water partition coefficient (Wildman–Crippen LogP) is 2.92. The number of hydrogen-bond acceptors (Lipinski definition) is 2. The lowest BCUT2D eigenvalue weighted by atomic mass is 10.0. The first kappa shape index (κ1) is 11.7. The molecule has 1 N–H and O–H groups in total. The zero-order valence-corrected chi connectivity index (χ0v) is 9.87. The molecule has 0 bridgehead atoms. The standard InChI is InChI=1S/C14H17NO2/c1-2-3-4-9-17-12-6-7-13-11(10-12)5-8-14(16)15-13/h2,6-7,10H,1,3-5,8-9H2,(H,15,16). The van der Waals surface area contributed by atoms with Gasteiger partial charge in [-0.15, -0.1) is 6.58 Å². The van der Waals surface area contributed by atoms with Gasteiger partial charge in [0.05, 0.1) is 6.61 Å². The van der Waals surface area contributed by atoms with Crippen molar-refractivity contribution in [3.05, 3.63) is 36.4 Å². The first-order valence-corrected chi connectivity index (χ1v) is 5.96. The number of aryl methyl sites for hydroxylation is 1. The molecule has 0 fully saturated rings. The summed E-state index contributed by atoms with van der Waals surface area (Å²) in [4.78, 5) is 11.2. The van der Waals surface area contributed by atoms with Gasteiger partial charge in [0.1, 0.15) is 5.75 Å². The predicted molar refractivity (Wildman–Crippen MR) is 68.3 cm³/mol. The molecule has 0 aliphatic carbocycles. The van der Waals surface area contributed by atoms with Gasteiger partial charge in [0.25, 0.3) is 0 Å². The lowest BCUT2D eigenvalue weighted by Gasteiger charge is -2.17. The monoisotopic (exact) mass is 231 g/mol. The molecule has 17 heavy (non-hydrogen) atoms. The molecule has 0 unspecified atom stereocenters. The fraction of sp³-hybridized carbons (Fsp3) is 0.357. The number of ether oxygens (including phenoxy) is 1. The van der Waals surface area contributed by atoms with Gasteiger partial charge in [0, 0.05) is 12.1 Å². The van der Waals surface area contributed by atoms with Gasteiger partial charge in [-0.05, 0) is 43.0 Å². The minimum atomic E-state index is 0.0946. The fourth-order valence-electron chi connectivity index (χ4n) is 1.87. The molecule has 0 spiro atoms. The molecule has 2 rings (SSSR count). The van der Waals surface area contributed by atoms with Gasteiger partial charge in [-0.25, -0.2) is 0 Å². The number of benzene rings is 1. The van der Waals surface area contributed by atoms with Crippen molar-refractivity contribution in [2.75, 3.05) is 11.9 Å². The summed E-state index contributed by atoms with van der Waals surface area (Å²) in [5, 5.41) is 2.86. The van der Waals surface area contributed by atoms with E-state index >= 15 is 0 Å². The van der Waals surface area contributed by atoms with Crippen LogP contribution in [0.3, 0.4) is 0 Å². The number of anilines is 1. The van der Waals surface area contributed by atoms with Gasteiger partial charge in [-0.2, -0.15) is 0 Å². The molecule has 1 aromatic rings. The molecule has 0 saturated carbocycles. The second kappa shape index (κ2) is 5.53. The van der Waals surface area contributed by atoms with E-state index < -0.39 is 0 Å². The highest BCUT2D eigenvalue weighted by Gasteiger charge is 2.14. The van der Waals surface area contributed by atoms with Crippen molar-refractivity contribution in [2.24, 2.45) is 0 Å². The van der Waals surface area contributed by atoms with Crippen molar-refractivity contribution in [3.8, 4) is 5.75 Å². The van der Waals surface area contributed by atoms with E-state index in [1.165, 1.54) is 0 Å². The summed E-state index contributed by atoms with van der Waals surface area (Å²) < 4.78 is 5.64. The number of amides is 1. The van der Waals surface area contributed by atoms with Gasteiger partial charge in [0.15, 0.2) is 0 Å². The highest BCUT2D eigenvalue weighted by Crippen LogP contribution is 2.26. The van der Waals surface area contributed by atoms with Crippen molar-refractivity contribution in [2.45, 2.75) is 25.7 Å². The van der Waals surface area contributed by atoms with E-state index in [-0.39, 0.29) is 5.91 Å². The molecule has 1 aliphatic rings. The average molecular weight is 231 g/mol. The number of fused-ring (bicyclic) bond motifs is 1. The lowest BCUT2D eigenvalue weighted by molar-refractivity contribution is -0.116. The maximum absolute atomic E-state index is 11.2. The third kappa shape index (κ3) is 3.09. The van der Waals surface area contributed by atoms with E-state index in [2.05, 4.69) is 11.9 Å². The second-order valence-electron chi connectivity index (χ2n) is 4.15. The zero-order chi connectivity index (χ0) is 12.1. The van der Waals surface area contributed by atoms with Gasteiger partial charge in [0.2, 0.25) is 5.91 Å². The minimum absolute atomic E-state index is 0.0946. The van der Waals surface area contributed by atoms with Crippen LogP contribution in [0.5, 0.6) is 5.75 Å². The number of carbonyl (C=O) groups excluding carboxylic acids is 1. The molecule has 0 radical (unpaired) electrons. The van der Waals surface area contributed by atoms with Crippen LogP contribution < -0.4 is 10.1 Å². The number of unbranched alkanes of at least 4 members (excludes halogenated alkanes) is 1. The molecule has 1 aromatic carbocycles. The molecule has 90 valence electrons. The summed E-state index contributed by atoms with van der Waals surface area (Å²) in [5.41, 5.74) is 2.07. The maximum Gasteiger partial charge on any atom is 0.224 e. The molecule has 3 nitrogen and oxygen atoms in total. The highest BCUT2D eigenvalue weighted by atomic mass is 16.5. The summed E-state index contributed by atoms with van der Waals surface area (Å²) in [6.07, 6.45) is 5.21. The van der Waals surface area contributed by atoms with Gasteiger partial charge in [-0.3, -0.25) is 4.79 Å². The summed E-state index contributed by atoms with van der Waals surface area (Å²) in [7, 11) is 0. The molecule has 3 heteroatoms. The Morgan fingerprint density at radius 3 is 3.12 bits per heavy atom. The van der Waals surface area contributed by atoms with Crippen LogP contribution in [0.1, 0.15) is 24.8 Å². The normalized spacial score (nSPS) is 13.8. The Hall–Kier alpha value is -1.77. The largest absolute Gasteiger partial charge is 0.494 e. The Morgan fingerprint density at radius 1 is 1.41 bits per heavy atom. The summed E-state index contributed by atoms with van der Waals surface area (Å²) in [6.45, 7) is 4.38. The van der Waals surface area contributed by atoms with Crippen molar-refractivity contribution < 1.29 is 9.53 Å². The van der Waals surface area contributed by atoms with Gasteiger partial charge >= 0.3 is 0 Å². The number of carbonyl (C=O) groups is 1. The van der Waals surface area contributed by atoms with E-state index in [4.69, 9.17) is 4.74 Å². The molecule has 0 saturated heterocycles. The van der Waals surface area contributed by atoms with E-state index in [0.29, 0.717) is 13.0 Å². The molecule has 0 atom stereocenters. The molecular formula is C14H17NO2. The van der Waals surface area contributed by atoms with Crippen molar-refractivity contribution >= 4 is 11.6 Å². The van der Waals surface area contributed by atoms with Crippen LogP contribution in [0.15, 0.2) is 30.9 Å². The summed E-state index contributed by atoms with van der Waals surface area (Å²) >= 11 is 0. The minimum Gasteiger partial charge on any atom is -0.494 e. The lowest BCUT2D eigenvalue weighted by Crippen LogP contribution is -2.18. The Morgan fingerprint density at radius 2 is 2.29 bits per heavy atom. The molecule has 1 amide bonds. The number of rotatable bonds is 5. The van der Waals surface area contributed by atoms with Crippen LogP contribution in [-0.4, -0.2) is 12.5 Å². The summed E-state index contributed by atoms with van der Waals surface area (Å²) in [6, 6.07) is 5.83. The molecule has 1 aliphatic heterocycles. The van der Waals surface area contributed by atoms with E-state index in [0.717, 1.165) is 36.3 Å². The van der Waals surface area contributed by atoms with Crippen LogP contribution in [0, 0.1) is 0 Å². The van der Waals surface area contributed by atoms with Crippen molar-refractivity contribution in [1.82, 2.24) is 0 Å². The highest BCUT2D eigenvalue weighted by molar-refractivity contribution is 5.93. The molecule has 0 aromatic heterocycles. The number of hydrogen-bond donors (Lipinski definition) is 1. The molecular weight excluding hydrogens is 214 g/mol. The van der Waals surface area contributed by atoms with Crippen molar-refractivity contribution in [3.63, 3.8) is 0 Å². The average Bonchev–Trinajstić information content (AvgIpc) is 2.35. The first-order chi connectivity index (χ1) is 8.29. The zero-order valence-electron chi connectivity index (χ0n) is 9.87. The summed E-state index contributed by atoms with van der Waals surface area (Å²) in [5.74, 6) is 0.973. The van der Waals surface area contributed by atoms with Crippen LogP contribution in [0.25, 0.3) is 0 Å². The second-order valence-corrected chi connectivity index (χ2v) is 4.15. The van der Waals surface area contributed by atoms with E-state index in [9.17, 15) is 4.79 Å². The smallest absolute Gasteiger partial charge is 0.224 e. The topological polar surface area (TPSA) is 38.3 Å². The molecule has 1 heterocycles. The Balaban J connectivity index is 1.96. The Bertz CT molecular complexity index is 426. The van der Waals surface area contributed by atoms with Gasteiger partial charge in [-0.1, -0.05) is 6.08 Å². The van der Waals surface area contributed by atoms with E-state index in [1.54, 1.807) is 0 Å². The van der Waals surface area contributed by atoms with Crippen LogP contribution in [-0.2, 0) is 11.2 Å². The quantitative estimate of drug-likeness (QED) is 0.625. The Kier molecular flexibility index (Phi) is 3.81. The third-order valence-electron chi connectivity index (χ3n) is 2.79. The Labute approximate surface area is 101 Å². The number of allylic oxidation sites excluding steroid dienone is 1.